The second-order valence-electron chi connectivity index (χ2n) is 2.80. The standard InChI is InChI=1S/C8H2Br2F5OS/c9-4-1-5(10)3-6(2-4)17(16)8(14,15)7(11,12)13/h2-3H. The number of hydrogen-bond acceptors (Lipinski definition) is 1. The van der Waals surface area contributed by atoms with E-state index in [1.165, 1.54) is 0 Å². The van der Waals surface area contributed by atoms with E-state index < -0.39 is 27.5 Å². The minimum atomic E-state index is -5.86. The topological polar surface area (TPSA) is 23.1 Å². The molecule has 0 bridgehead atoms. The van der Waals surface area contributed by atoms with Crippen molar-refractivity contribution in [2.24, 2.45) is 0 Å². The molecule has 0 aliphatic heterocycles. The van der Waals surface area contributed by atoms with Gasteiger partial charge in [-0.2, -0.15) is 13.2 Å². The first-order chi connectivity index (χ1) is 7.55. The molecule has 0 saturated carbocycles. The first-order valence-corrected chi connectivity index (χ1v) is 6.54. The van der Waals surface area contributed by atoms with E-state index in [0.29, 0.717) is 0 Å². The average Bonchev–Trinajstić information content (AvgIpc) is 2.13. The predicted molar refractivity (Wildman–Crippen MR) is 58.1 cm³/mol. The van der Waals surface area contributed by atoms with Crippen LogP contribution in [0.5, 0.6) is 0 Å². The lowest BCUT2D eigenvalue weighted by molar-refractivity contribution is -0.241. The molecule has 0 heterocycles. The van der Waals surface area contributed by atoms with Gasteiger partial charge in [-0.3, -0.25) is 0 Å². The van der Waals surface area contributed by atoms with Gasteiger partial charge in [-0.15, -0.1) is 8.78 Å². The Kier molecular flexibility index (Phi) is 4.49. The van der Waals surface area contributed by atoms with Crippen molar-refractivity contribution in [2.45, 2.75) is 16.3 Å². The molecule has 0 aliphatic rings. The first kappa shape index (κ1) is 15.2. The third-order valence-electron chi connectivity index (χ3n) is 1.55. The summed E-state index contributed by atoms with van der Waals surface area (Å²) in [6.45, 7) is 0. The number of hydrogen-bond donors (Lipinski definition) is 0. The largest absolute Gasteiger partial charge is 0.606 e. The maximum Gasteiger partial charge on any atom is 0.510 e. The quantitative estimate of drug-likeness (QED) is 0.537. The van der Waals surface area contributed by atoms with E-state index in [1.54, 1.807) is 0 Å². The Balaban J connectivity index is 3.16. The van der Waals surface area contributed by atoms with E-state index in [9.17, 15) is 26.5 Å². The van der Waals surface area contributed by atoms with Gasteiger partial charge in [0, 0.05) is 27.1 Å². The molecule has 1 aromatic carbocycles. The number of rotatable bonds is 2. The predicted octanol–water partition coefficient (Wildman–Crippen LogP) is 4.27. The van der Waals surface area contributed by atoms with Crippen molar-refractivity contribution >= 4 is 43.0 Å². The highest BCUT2D eigenvalue weighted by Crippen LogP contribution is 2.43. The van der Waals surface area contributed by atoms with Crippen molar-refractivity contribution in [2.75, 3.05) is 0 Å². The molecule has 1 atom stereocenters. The van der Waals surface area contributed by atoms with E-state index in [1.807, 2.05) is 0 Å². The van der Waals surface area contributed by atoms with E-state index >= 15 is 0 Å². The number of alkyl halides is 5. The summed E-state index contributed by atoms with van der Waals surface area (Å²) in [5, 5.41) is -5.30. The number of benzene rings is 1. The Bertz CT molecular complexity index is 403. The summed E-state index contributed by atoms with van der Waals surface area (Å²) in [7, 11) is 0. The van der Waals surface area contributed by atoms with E-state index in [4.69, 9.17) is 0 Å². The van der Waals surface area contributed by atoms with Gasteiger partial charge < -0.3 is 4.55 Å². The average molecular weight is 401 g/mol. The fraction of sp³-hybridized carbons (Fsp3) is 0.250. The minimum absolute atomic E-state index is 0.119. The van der Waals surface area contributed by atoms with Gasteiger partial charge in [0.15, 0.2) is 4.90 Å². The Morgan fingerprint density at radius 1 is 1.06 bits per heavy atom. The van der Waals surface area contributed by atoms with Crippen LogP contribution in [0, 0.1) is 6.07 Å². The maximum atomic E-state index is 12.8. The molecule has 9 heteroatoms. The SMILES string of the molecule is [O-][S+](c1cc(Br)[c]c(Br)c1)C(F)(F)C(F)(F)F. The lowest BCUT2D eigenvalue weighted by Gasteiger charge is -2.22. The van der Waals surface area contributed by atoms with Crippen LogP contribution < -0.4 is 0 Å². The van der Waals surface area contributed by atoms with Crippen LogP contribution in [0.4, 0.5) is 22.0 Å². The van der Waals surface area contributed by atoms with Gasteiger partial charge in [-0.1, -0.05) is 0 Å². The lowest BCUT2D eigenvalue weighted by Crippen LogP contribution is -2.43. The highest BCUT2D eigenvalue weighted by atomic mass is 79.9. The third-order valence-corrected chi connectivity index (χ3v) is 3.77. The number of halogens is 7. The summed E-state index contributed by atoms with van der Waals surface area (Å²) in [5.41, 5.74) is 0. The summed E-state index contributed by atoms with van der Waals surface area (Å²) >= 11 is 2.18. The van der Waals surface area contributed by atoms with Gasteiger partial charge in [0.25, 0.3) is 0 Å². The van der Waals surface area contributed by atoms with Crippen LogP contribution in [-0.2, 0) is 11.2 Å². The highest BCUT2D eigenvalue weighted by molar-refractivity contribution is 9.11. The summed E-state index contributed by atoms with van der Waals surface area (Å²) in [4.78, 5) is -0.648. The molecule has 0 spiro atoms. The zero-order chi connectivity index (χ0) is 13.4. The minimum Gasteiger partial charge on any atom is -0.606 e. The summed E-state index contributed by atoms with van der Waals surface area (Å²) in [6, 6.07) is 4.31. The normalized spacial score (nSPS) is 14.8. The van der Waals surface area contributed by atoms with Gasteiger partial charge in [-0.05, 0) is 31.9 Å². The second-order valence-corrected chi connectivity index (χ2v) is 6.03. The van der Waals surface area contributed by atoms with Crippen LogP contribution >= 0.6 is 31.9 Å². The monoisotopic (exact) mass is 399 g/mol. The van der Waals surface area contributed by atoms with Crippen molar-refractivity contribution in [3.63, 3.8) is 0 Å². The van der Waals surface area contributed by atoms with Crippen molar-refractivity contribution in [1.82, 2.24) is 0 Å². The van der Waals surface area contributed by atoms with E-state index in [2.05, 4.69) is 37.9 Å². The van der Waals surface area contributed by atoms with Crippen LogP contribution in [-0.4, -0.2) is 16.0 Å². The van der Waals surface area contributed by atoms with Crippen LogP contribution in [0.2, 0.25) is 0 Å². The Labute approximate surface area is 113 Å². The Morgan fingerprint density at radius 3 is 1.82 bits per heavy atom. The molecule has 0 fully saturated rings. The third kappa shape index (κ3) is 3.33. The smallest absolute Gasteiger partial charge is 0.510 e. The lowest BCUT2D eigenvalue weighted by atomic mass is 10.4. The van der Waals surface area contributed by atoms with Gasteiger partial charge in [0.1, 0.15) is 0 Å². The molecule has 17 heavy (non-hydrogen) atoms. The molecule has 1 aromatic rings. The van der Waals surface area contributed by atoms with Crippen LogP contribution in [0.15, 0.2) is 26.0 Å². The van der Waals surface area contributed by atoms with E-state index in [-0.39, 0.29) is 8.95 Å². The zero-order valence-corrected chi connectivity index (χ0v) is 11.6. The highest BCUT2D eigenvalue weighted by Gasteiger charge is 2.68. The molecule has 1 nitrogen and oxygen atoms in total. The van der Waals surface area contributed by atoms with Crippen molar-refractivity contribution in [3.05, 3.63) is 27.1 Å². The summed E-state index contributed by atoms with van der Waals surface area (Å²) in [5.74, 6) is 0. The molecule has 0 aromatic heterocycles. The second kappa shape index (κ2) is 5.02. The molecule has 95 valence electrons. The fourth-order valence-corrected chi connectivity index (χ4v) is 3.28. The van der Waals surface area contributed by atoms with Crippen LogP contribution in [0.25, 0.3) is 0 Å². The molecule has 1 radical (unpaired) electrons. The zero-order valence-electron chi connectivity index (χ0n) is 7.62. The van der Waals surface area contributed by atoms with Gasteiger partial charge in [0.05, 0.1) is 11.2 Å². The van der Waals surface area contributed by atoms with Crippen molar-refractivity contribution in [3.8, 4) is 0 Å². The maximum absolute atomic E-state index is 12.8. The van der Waals surface area contributed by atoms with Crippen molar-refractivity contribution < 1.29 is 26.5 Å². The summed E-state index contributed by atoms with van der Waals surface area (Å²) < 4.78 is 73.0. The summed E-state index contributed by atoms with van der Waals surface area (Å²) in [6.07, 6.45) is -5.86. The van der Waals surface area contributed by atoms with Crippen molar-refractivity contribution in [1.29, 1.82) is 0 Å². The van der Waals surface area contributed by atoms with Crippen LogP contribution in [0.3, 0.4) is 0 Å². The van der Waals surface area contributed by atoms with Crippen LogP contribution in [0.1, 0.15) is 0 Å². The molecule has 0 N–H and O–H groups in total. The fourth-order valence-electron chi connectivity index (χ4n) is 0.838. The molecule has 1 rings (SSSR count). The molecular formula is C8H2Br2F5OS. The molecule has 0 saturated heterocycles. The van der Waals surface area contributed by atoms with Gasteiger partial charge >= 0.3 is 11.4 Å². The van der Waals surface area contributed by atoms with E-state index in [0.717, 1.165) is 12.1 Å². The first-order valence-electron chi connectivity index (χ1n) is 3.80. The molecule has 0 aliphatic carbocycles. The Hall–Kier alpha value is 0.140. The van der Waals surface area contributed by atoms with Gasteiger partial charge in [-0.25, -0.2) is 0 Å². The molecular weight excluding hydrogens is 399 g/mol. The molecule has 0 amide bonds. The van der Waals surface area contributed by atoms with Gasteiger partial charge in [0.2, 0.25) is 0 Å². The molecule has 1 unspecified atom stereocenters. The Morgan fingerprint density at radius 2 is 1.47 bits per heavy atom.